The van der Waals surface area contributed by atoms with Crippen molar-refractivity contribution in [2.75, 3.05) is 18.6 Å². The smallest absolute Gasteiger partial charge is 0.148 e. The minimum atomic E-state index is -2.87. The molecule has 110 valence electrons. The van der Waals surface area contributed by atoms with Gasteiger partial charge in [0.1, 0.15) is 9.84 Å². The molecule has 0 amide bonds. The lowest BCUT2D eigenvalue weighted by atomic mass is 10.1. The Kier molecular flexibility index (Phi) is 10.7. The van der Waals surface area contributed by atoms with Crippen molar-refractivity contribution in [2.45, 2.75) is 71.3 Å². The molecule has 0 aromatic heterocycles. The number of rotatable bonds is 12. The van der Waals surface area contributed by atoms with Crippen molar-refractivity contribution in [2.24, 2.45) is 0 Å². The summed E-state index contributed by atoms with van der Waals surface area (Å²) in [6, 6.07) is 0.145. The van der Waals surface area contributed by atoms with Gasteiger partial charge in [0.2, 0.25) is 0 Å². The predicted molar refractivity (Wildman–Crippen MR) is 79.8 cm³/mol. The lowest BCUT2D eigenvalue weighted by Crippen LogP contribution is -2.35. The minimum Gasteiger partial charge on any atom is -0.313 e. The van der Waals surface area contributed by atoms with Gasteiger partial charge in [-0.2, -0.15) is 0 Å². The Morgan fingerprint density at radius 3 is 2.11 bits per heavy atom. The first-order valence-electron chi connectivity index (χ1n) is 7.40. The molecule has 0 rings (SSSR count). The van der Waals surface area contributed by atoms with Crippen molar-refractivity contribution in [3.8, 4) is 0 Å². The van der Waals surface area contributed by atoms with Crippen molar-refractivity contribution >= 4 is 9.84 Å². The SMILES string of the molecule is CCCCCCCCC(CS(C)(=O)=O)NCCC. The number of nitrogens with one attached hydrogen (secondary N) is 1. The van der Waals surface area contributed by atoms with Crippen LogP contribution >= 0.6 is 0 Å². The highest BCUT2D eigenvalue weighted by molar-refractivity contribution is 7.90. The quantitative estimate of drug-likeness (QED) is 0.557. The van der Waals surface area contributed by atoms with E-state index in [-0.39, 0.29) is 11.8 Å². The number of sulfone groups is 1. The average molecular weight is 277 g/mol. The zero-order chi connectivity index (χ0) is 13.9. The summed E-state index contributed by atoms with van der Waals surface area (Å²) in [6.07, 6.45) is 10.9. The Bertz CT molecular complexity index is 276. The van der Waals surface area contributed by atoms with E-state index in [1.165, 1.54) is 38.4 Å². The Labute approximate surface area is 114 Å². The van der Waals surface area contributed by atoms with Crippen LogP contribution in [0, 0.1) is 0 Å². The van der Waals surface area contributed by atoms with Crippen LogP contribution in [-0.2, 0) is 9.84 Å². The maximum Gasteiger partial charge on any atom is 0.148 e. The number of hydrogen-bond acceptors (Lipinski definition) is 3. The molecule has 0 aromatic rings. The summed E-state index contributed by atoms with van der Waals surface area (Å²) in [5.74, 6) is 0.280. The van der Waals surface area contributed by atoms with Gasteiger partial charge in [-0.25, -0.2) is 8.42 Å². The first kappa shape index (κ1) is 17.9. The summed E-state index contributed by atoms with van der Waals surface area (Å²) in [7, 11) is -2.87. The van der Waals surface area contributed by atoms with Gasteiger partial charge in [-0.15, -0.1) is 0 Å². The van der Waals surface area contributed by atoms with Crippen molar-refractivity contribution in [1.29, 1.82) is 0 Å². The van der Waals surface area contributed by atoms with Gasteiger partial charge in [0.25, 0.3) is 0 Å². The third kappa shape index (κ3) is 12.4. The van der Waals surface area contributed by atoms with Crippen molar-refractivity contribution in [3.63, 3.8) is 0 Å². The standard InChI is InChI=1S/C14H31NO2S/c1-4-6-7-8-9-10-11-14(15-12-5-2)13-18(3,16)17/h14-15H,4-13H2,1-3H3. The molecule has 3 nitrogen and oxygen atoms in total. The lowest BCUT2D eigenvalue weighted by molar-refractivity contribution is 0.475. The summed E-state index contributed by atoms with van der Waals surface area (Å²) in [6.45, 7) is 5.24. The van der Waals surface area contributed by atoms with Crippen LogP contribution in [0.25, 0.3) is 0 Å². The molecule has 4 heteroatoms. The second-order valence-corrected chi connectivity index (χ2v) is 7.48. The zero-order valence-electron chi connectivity index (χ0n) is 12.4. The van der Waals surface area contributed by atoms with Gasteiger partial charge in [0.05, 0.1) is 5.75 Å². The Morgan fingerprint density at radius 2 is 1.56 bits per heavy atom. The van der Waals surface area contributed by atoms with Gasteiger partial charge in [-0.05, 0) is 19.4 Å². The van der Waals surface area contributed by atoms with Crippen LogP contribution in [0.15, 0.2) is 0 Å². The largest absolute Gasteiger partial charge is 0.313 e. The molecule has 0 aliphatic heterocycles. The molecule has 0 fully saturated rings. The molecule has 1 N–H and O–H groups in total. The van der Waals surface area contributed by atoms with Gasteiger partial charge in [0, 0.05) is 12.3 Å². The Hall–Kier alpha value is -0.0900. The van der Waals surface area contributed by atoms with Gasteiger partial charge in [0.15, 0.2) is 0 Å². The zero-order valence-corrected chi connectivity index (χ0v) is 13.2. The van der Waals surface area contributed by atoms with Crippen LogP contribution < -0.4 is 5.32 Å². The van der Waals surface area contributed by atoms with Crippen LogP contribution in [0.5, 0.6) is 0 Å². The molecule has 0 saturated carbocycles. The highest BCUT2D eigenvalue weighted by Gasteiger charge is 2.13. The molecule has 0 aliphatic rings. The van der Waals surface area contributed by atoms with Crippen molar-refractivity contribution in [1.82, 2.24) is 5.32 Å². The topological polar surface area (TPSA) is 46.2 Å². The van der Waals surface area contributed by atoms with Crippen LogP contribution in [-0.4, -0.2) is 33.0 Å². The molecule has 0 aliphatic carbocycles. The molecule has 0 heterocycles. The normalized spacial score (nSPS) is 13.7. The van der Waals surface area contributed by atoms with E-state index in [0.29, 0.717) is 0 Å². The molecule has 1 atom stereocenters. The van der Waals surface area contributed by atoms with E-state index >= 15 is 0 Å². The molecule has 18 heavy (non-hydrogen) atoms. The van der Waals surface area contributed by atoms with E-state index in [1.54, 1.807) is 0 Å². The minimum absolute atomic E-state index is 0.145. The molecular weight excluding hydrogens is 246 g/mol. The first-order valence-corrected chi connectivity index (χ1v) is 9.46. The fourth-order valence-corrected chi connectivity index (χ4v) is 3.14. The van der Waals surface area contributed by atoms with Gasteiger partial charge < -0.3 is 5.32 Å². The third-order valence-electron chi connectivity index (χ3n) is 3.09. The number of unbranched alkanes of at least 4 members (excludes halogenated alkanes) is 5. The maximum atomic E-state index is 11.3. The molecular formula is C14H31NO2S. The van der Waals surface area contributed by atoms with E-state index in [1.807, 2.05) is 0 Å². The van der Waals surface area contributed by atoms with Crippen LogP contribution in [0.3, 0.4) is 0 Å². The Morgan fingerprint density at radius 1 is 0.944 bits per heavy atom. The second kappa shape index (κ2) is 10.8. The summed E-state index contributed by atoms with van der Waals surface area (Å²) in [5.41, 5.74) is 0. The third-order valence-corrected chi connectivity index (χ3v) is 4.10. The highest BCUT2D eigenvalue weighted by atomic mass is 32.2. The van der Waals surface area contributed by atoms with E-state index in [0.717, 1.165) is 25.8 Å². The van der Waals surface area contributed by atoms with Gasteiger partial charge >= 0.3 is 0 Å². The summed E-state index contributed by atoms with van der Waals surface area (Å²) in [5, 5.41) is 3.35. The molecule has 0 spiro atoms. The average Bonchev–Trinajstić information content (AvgIpc) is 2.28. The van der Waals surface area contributed by atoms with Crippen molar-refractivity contribution < 1.29 is 8.42 Å². The predicted octanol–water partition coefficient (Wildman–Crippen LogP) is 3.15. The van der Waals surface area contributed by atoms with Gasteiger partial charge in [-0.1, -0.05) is 52.4 Å². The number of hydrogen-bond donors (Lipinski definition) is 1. The monoisotopic (exact) mass is 277 g/mol. The fourth-order valence-electron chi connectivity index (χ4n) is 2.13. The fraction of sp³-hybridized carbons (Fsp3) is 1.00. The van der Waals surface area contributed by atoms with E-state index in [4.69, 9.17) is 0 Å². The summed E-state index contributed by atoms with van der Waals surface area (Å²) >= 11 is 0. The molecule has 0 saturated heterocycles. The maximum absolute atomic E-state index is 11.3. The summed E-state index contributed by atoms with van der Waals surface area (Å²) < 4.78 is 22.7. The first-order chi connectivity index (χ1) is 8.49. The van der Waals surface area contributed by atoms with E-state index in [9.17, 15) is 8.42 Å². The van der Waals surface area contributed by atoms with Crippen LogP contribution in [0.4, 0.5) is 0 Å². The second-order valence-electron chi connectivity index (χ2n) is 5.30. The van der Waals surface area contributed by atoms with Crippen LogP contribution in [0.1, 0.15) is 65.2 Å². The highest BCUT2D eigenvalue weighted by Crippen LogP contribution is 2.09. The lowest BCUT2D eigenvalue weighted by Gasteiger charge is -2.17. The summed E-state index contributed by atoms with van der Waals surface area (Å²) in [4.78, 5) is 0. The molecule has 0 aromatic carbocycles. The molecule has 0 bridgehead atoms. The molecule has 1 unspecified atom stereocenters. The van der Waals surface area contributed by atoms with Crippen molar-refractivity contribution in [3.05, 3.63) is 0 Å². The van der Waals surface area contributed by atoms with Crippen LogP contribution in [0.2, 0.25) is 0 Å². The molecule has 0 radical (unpaired) electrons. The van der Waals surface area contributed by atoms with Gasteiger partial charge in [-0.3, -0.25) is 0 Å². The van der Waals surface area contributed by atoms with E-state index in [2.05, 4.69) is 19.2 Å². The van der Waals surface area contributed by atoms with E-state index < -0.39 is 9.84 Å². The Balaban J connectivity index is 3.79.